The summed E-state index contributed by atoms with van der Waals surface area (Å²) in [6.07, 6.45) is 0. The van der Waals surface area contributed by atoms with Gasteiger partial charge in [0.05, 0.1) is 5.69 Å². The van der Waals surface area contributed by atoms with Crippen LogP contribution in [-0.2, 0) is 0 Å². The molecular weight excluding hydrogens is 158 g/mol. The summed E-state index contributed by atoms with van der Waals surface area (Å²) in [7, 11) is 0. The van der Waals surface area contributed by atoms with Gasteiger partial charge < -0.3 is 17.5 Å². The Bertz CT molecular complexity index is 248. The molecule has 11 heavy (non-hydrogen) atoms. The van der Waals surface area contributed by atoms with Gasteiger partial charge in [-0.1, -0.05) is 5.16 Å². The minimum absolute atomic E-state index is 0.0880. The van der Waals surface area contributed by atoms with Crippen LogP contribution in [0.3, 0.4) is 0 Å². The Morgan fingerprint density at radius 1 is 1.27 bits per heavy atom. The molecule has 0 atom stereocenters. The van der Waals surface area contributed by atoms with Gasteiger partial charge in [-0.3, -0.25) is 0 Å². The predicted octanol–water partition coefficient (Wildman–Crippen LogP) is 1.35. The summed E-state index contributed by atoms with van der Waals surface area (Å²) in [4.78, 5) is 0. The molecule has 0 radical (unpaired) electrons. The summed E-state index contributed by atoms with van der Waals surface area (Å²) in [6, 6.07) is 0. The smallest absolute Gasteiger partial charge is 0.445 e. The molecule has 0 aliphatic carbocycles. The second kappa shape index (κ2) is 2.28. The lowest BCUT2D eigenvalue weighted by Crippen LogP contribution is -2.36. The normalized spacial score (nSPS) is 12.1. The number of rotatable bonds is 1. The summed E-state index contributed by atoms with van der Waals surface area (Å²) >= 11 is 0. The molecule has 0 unspecified atom stereocenters. The van der Waals surface area contributed by atoms with Crippen LogP contribution in [0.2, 0.25) is 0 Å². The van der Waals surface area contributed by atoms with E-state index in [1.807, 2.05) is 0 Å². The lowest BCUT2D eigenvalue weighted by Gasteiger charge is -2.12. The van der Waals surface area contributed by atoms with Crippen molar-refractivity contribution in [3.8, 4) is 0 Å². The molecule has 2 nitrogen and oxygen atoms in total. The van der Waals surface area contributed by atoms with Crippen LogP contribution in [0.5, 0.6) is 0 Å². The van der Waals surface area contributed by atoms with Crippen LogP contribution in [-0.4, -0.2) is 12.1 Å². The average Bonchev–Trinajstić information content (AvgIpc) is 2.08. The molecule has 0 aromatic carbocycles. The van der Waals surface area contributed by atoms with E-state index in [4.69, 9.17) is 0 Å². The first-order valence-electron chi connectivity index (χ1n) is 3.05. The molecule has 1 rings (SSSR count). The molecule has 0 saturated carbocycles. The monoisotopic (exact) mass is 164 g/mol. The lowest BCUT2D eigenvalue weighted by molar-refractivity contribution is 0.393. The van der Waals surface area contributed by atoms with E-state index in [0.717, 1.165) is 0 Å². The van der Waals surface area contributed by atoms with Crippen molar-refractivity contribution in [2.75, 3.05) is 0 Å². The maximum atomic E-state index is 12.1. The summed E-state index contributed by atoms with van der Waals surface area (Å²) in [5.74, 6) is -0.157. The number of hydrogen-bond acceptors (Lipinski definition) is 2. The van der Waals surface area contributed by atoms with Crippen LogP contribution in [0.4, 0.5) is 12.9 Å². The van der Waals surface area contributed by atoms with E-state index in [2.05, 4.69) is 9.68 Å². The second-order valence-electron chi connectivity index (χ2n) is 2.31. The first-order chi connectivity index (χ1) is 4.93. The molecule has 0 saturated heterocycles. The van der Waals surface area contributed by atoms with Gasteiger partial charge in [-0.05, 0) is 19.3 Å². The molecule has 1 aromatic rings. The topological polar surface area (TPSA) is 26.0 Å². The van der Waals surface area contributed by atoms with Crippen molar-refractivity contribution in [3.05, 3.63) is 11.5 Å². The maximum Gasteiger partial charge on any atom is 0.514 e. The molecule has 1 heterocycles. The highest BCUT2D eigenvalue weighted by Gasteiger charge is 2.32. The van der Waals surface area contributed by atoms with Crippen LogP contribution in [0.1, 0.15) is 11.5 Å². The molecule has 1 aromatic heterocycles. The zero-order valence-corrected chi connectivity index (χ0v) is 6.07. The van der Waals surface area contributed by atoms with Crippen molar-refractivity contribution in [1.82, 2.24) is 5.16 Å². The van der Waals surface area contributed by atoms with Gasteiger partial charge in [-0.2, -0.15) is 0 Å². The Labute approximate surface area is 61.4 Å². The molecule has 0 N–H and O–H groups in total. The highest BCUT2D eigenvalue weighted by Crippen LogP contribution is 2.13. The SMILES string of the molecule is Cc1noc(C)c1[B-](F)(F)F. The van der Waals surface area contributed by atoms with Crippen molar-refractivity contribution in [1.29, 1.82) is 0 Å². The van der Waals surface area contributed by atoms with E-state index >= 15 is 0 Å². The van der Waals surface area contributed by atoms with E-state index in [9.17, 15) is 12.9 Å². The van der Waals surface area contributed by atoms with Gasteiger partial charge in [0, 0.05) is 0 Å². The molecule has 0 bridgehead atoms. The van der Waals surface area contributed by atoms with Crippen molar-refractivity contribution >= 4 is 12.4 Å². The van der Waals surface area contributed by atoms with Crippen LogP contribution < -0.4 is 5.46 Å². The summed E-state index contributed by atoms with van der Waals surface area (Å²) in [6.45, 7) is -2.44. The fourth-order valence-electron chi connectivity index (χ4n) is 0.957. The largest absolute Gasteiger partial charge is 0.514 e. The number of nitrogens with zero attached hydrogens (tertiary/aromatic N) is 1. The van der Waals surface area contributed by atoms with Gasteiger partial charge in [0.1, 0.15) is 5.76 Å². The van der Waals surface area contributed by atoms with Gasteiger partial charge in [0.2, 0.25) is 0 Å². The fourth-order valence-corrected chi connectivity index (χ4v) is 0.957. The molecular formula is C5H6BF3NO-. The Balaban J connectivity index is 3.21. The third-order valence-electron chi connectivity index (χ3n) is 1.42. The number of halogens is 3. The molecule has 62 valence electrons. The minimum Gasteiger partial charge on any atom is -0.445 e. The molecule has 0 aliphatic heterocycles. The first-order valence-corrected chi connectivity index (χ1v) is 3.05. The maximum absolute atomic E-state index is 12.1. The van der Waals surface area contributed by atoms with Gasteiger partial charge >= 0.3 is 6.98 Å². The Kier molecular flexibility index (Phi) is 1.70. The lowest BCUT2D eigenvalue weighted by atomic mass is 9.79. The molecule has 0 fully saturated rings. The molecule has 6 heteroatoms. The first kappa shape index (κ1) is 8.16. The summed E-state index contributed by atoms with van der Waals surface area (Å²) in [5.41, 5.74) is -0.792. The fraction of sp³-hybridized carbons (Fsp3) is 0.400. The highest BCUT2D eigenvalue weighted by molar-refractivity contribution is 6.74. The van der Waals surface area contributed by atoms with Gasteiger partial charge in [0.15, 0.2) is 0 Å². The average molecular weight is 164 g/mol. The van der Waals surface area contributed by atoms with E-state index < -0.39 is 12.4 Å². The van der Waals surface area contributed by atoms with Crippen molar-refractivity contribution in [3.63, 3.8) is 0 Å². The van der Waals surface area contributed by atoms with E-state index in [-0.39, 0.29) is 11.5 Å². The van der Waals surface area contributed by atoms with Crippen molar-refractivity contribution in [2.45, 2.75) is 13.8 Å². The predicted molar refractivity (Wildman–Crippen MR) is 34.7 cm³/mol. The zero-order valence-electron chi connectivity index (χ0n) is 6.07. The number of aryl methyl sites for hydroxylation is 2. The van der Waals surface area contributed by atoms with Crippen LogP contribution >= 0.6 is 0 Å². The zero-order chi connectivity index (χ0) is 8.65. The number of aromatic nitrogens is 1. The number of hydrogen-bond donors (Lipinski definition) is 0. The van der Waals surface area contributed by atoms with Crippen LogP contribution in [0, 0.1) is 13.8 Å². The standard InChI is InChI=1S/C5H6BF3NO/c1-3-5(6(7,8)9)4(2)11-10-3/h1-2H3/q-1. The van der Waals surface area contributed by atoms with Crippen LogP contribution in [0.25, 0.3) is 0 Å². The quantitative estimate of drug-likeness (QED) is 0.585. The van der Waals surface area contributed by atoms with Crippen molar-refractivity contribution < 1.29 is 17.5 Å². The highest BCUT2D eigenvalue weighted by atomic mass is 19.4. The molecule has 0 amide bonds. The van der Waals surface area contributed by atoms with E-state index in [0.29, 0.717) is 0 Å². The van der Waals surface area contributed by atoms with Gasteiger partial charge in [-0.15, -0.1) is 0 Å². The Morgan fingerprint density at radius 2 is 1.82 bits per heavy atom. The van der Waals surface area contributed by atoms with Crippen molar-refractivity contribution in [2.24, 2.45) is 0 Å². The van der Waals surface area contributed by atoms with E-state index in [1.165, 1.54) is 13.8 Å². The van der Waals surface area contributed by atoms with Gasteiger partial charge in [-0.25, -0.2) is 0 Å². The molecule has 0 spiro atoms. The summed E-state index contributed by atoms with van der Waals surface area (Å²) < 4.78 is 40.7. The molecule has 0 aliphatic rings. The van der Waals surface area contributed by atoms with Crippen LogP contribution in [0.15, 0.2) is 4.52 Å². The summed E-state index contributed by atoms with van der Waals surface area (Å²) in [5, 5.41) is 3.20. The minimum atomic E-state index is -4.97. The Morgan fingerprint density at radius 3 is 2.00 bits per heavy atom. The van der Waals surface area contributed by atoms with E-state index in [1.54, 1.807) is 0 Å². The second-order valence-corrected chi connectivity index (χ2v) is 2.31. The Hall–Kier alpha value is -0.935. The third kappa shape index (κ3) is 1.39. The third-order valence-corrected chi connectivity index (χ3v) is 1.42. The van der Waals surface area contributed by atoms with Gasteiger partial charge in [0.25, 0.3) is 0 Å².